The summed E-state index contributed by atoms with van der Waals surface area (Å²) in [7, 11) is 0. The first kappa shape index (κ1) is 13.1. The molecule has 0 spiro atoms. The van der Waals surface area contributed by atoms with Gasteiger partial charge in [0.2, 0.25) is 0 Å². The normalized spacial score (nSPS) is 23.8. The Bertz CT molecular complexity index is 499. The SMILES string of the molecule is CCNC1CCCCC1Cc1nc2ccccc2s1. The van der Waals surface area contributed by atoms with Crippen molar-refractivity contribution in [3.05, 3.63) is 29.3 Å². The lowest BCUT2D eigenvalue weighted by atomic mass is 9.82. The maximum Gasteiger partial charge on any atom is 0.0941 e. The van der Waals surface area contributed by atoms with Gasteiger partial charge in [0.15, 0.2) is 0 Å². The highest BCUT2D eigenvalue weighted by Gasteiger charge is 2.25. The van der Waals surface area contributed by atoms with Crippen LogP contribution in [-0.4, -0.2) is 17.6 Å². The Balaban J connectivity index is 1.75. The number of para-hydroxylation sites is 1. The number of fused-ring (bicyclic) bond motifs is 1. The van der Waals surface area contributed by atoms with Crippen LogP contribution in [0.25, 0.3) is 10.2 Å². The molecule has 19 heavy (non-hydrogen) atoms. The lowest BCUT2D eigenvalue weighted by molar-refractivity contribution is 0.264. The zero-order valence-electron chi connectivity index (χ0n) is 11.6. The zero-order chi connectivity index (χ0) is 13.1. The first-order valence-corrected chi connectivity index (χ1v) is 8.26. The molecule has 102 valence electrons. The molecule has 2 unspecified atom stereocenters. The maximum absolute atomic E-state index is 4.79. The second-order valence-electron chi connectivity index (χ2n) is 5.49. The quantitative estimate of drug-likeness (QED) is 0.911. The largest absolute Gasteiger partial charge is 0.314 e. The Hall–Kier alpha value is -0.930. The van der Waals surface area contributed by atoms with Crippen molar-refractivity contribution in [2.75, 3.05) is 6.54 Å². The first-order valence-electron chi connectivity index (χ1n) is 7.44. The number of nitrogens with zero attached hydrogens (tertiary/aromatic N) is 1. The molecule has 1 aliphatic carbocycles. The molecule has 1 aliphatic rings. The summed E-state index contributed by atoms with van der Waals surface area (Å²) in [6.45, 7) is 3.30. The molecule has 0 bridgehead atoms. The third-order valence-corrected chi connectivity index (χ3v) is 5.21. The molecule has 1 saturated carbocycles. The van der Waals surface area contributed by atoms with Gasteiger partial charge in [-0.2, -0.15) is 0 Å². The third kappa shape index (κ3) is 2.98. The number of thiazole rings is 1. The molecule has 0 aliphatic heterocycles. The fraction of sp³-hybridized carbons (Fsp3) is 0.562. The minimum Gasteiger partial charge on any atom is -0.314 e. The summed E-state index contributed by atoms with van der Waals surface area (Å²) in [6, 6.07) is 9.18. The molecule has 0 saturated heterocycles. The molecule has 1 fully saturated rings. The minimum absolute atomic E-state index is 0.700. The van der Waals surface area contributed by atoms with E-state index in [4.69, 9.17) is 4.98 Å². The number of hydrogen-bond donors (Lipinski definition) is 1. The van der Waals surface area contributed by atoms with Crippen LogP contribution in [0.15, 0.2) is 24.3 Å². The van der Waals surface area contributed by atoms with Crippen LogP contribution in [0.4, 0.5) is 0 Å². The van der Waals surface area contributed by atoms with Gasteiger partial charge in [0.25, 0.3) is 0 Å². The van der Waals surface area contributed by atoms with E-state index >= 15 is 0 Å². The molecule has 2 aromatic rings. The number of benzene rings is 1. The van der Waals surface area contributed by atoms with E-state index < -0.39 is 0 Å². The predicted molar refractivity (Wildman–Crippen MR) is 82.7 cm³/mol. The van der Waals surface area contributed by atoms with E-state index in [1.165, 1.54) is 40.9 Å². The zero-order valence-corrected chi connectivity index (χ0v) is 12.4. The van der Waals surface area contributed by atoms with Gasteiger partial charge in [-0.1, -0.05) is 31.9 Å². The molecule has 1 aromatic carbocycles. The molecule has 0 radical (unpaired) electrons. The molecule has 2 nitrogen and oxygen atoms in total. The summed E-state index contributed by atoms with van der Waals surface area (Å²) in [4.78, 5) is 4.79. The highest BCUT2D eigenvalue weighted by Crippen LogP contribution is 2.30. The fourth-order valence-electron chi connectivity index (χ4n) is 3.21. The summed E-state index contributed by atoms with van der Waals surface area (Å²) in [5.74, 6) is 0.772. The van der Waals surface area contributed by atoms with Crippen molar-refractivity contribution in [2.24, 2.45) is 5.92 Å². The molecular formula is C16H22N2S. The third-order valence-electron chi connectivity index (χ3n) is 4.15. The molecule has 2 atom stereocenters. The Morgan fingerprint density at radius 2 is 2.11 bits per heavy atom. The van der Waals surface area contributed by atoms with Gasteiger partial charge in [-0.3, -0.25) is 0 Å². The molecule has 3 heteroatoms. The Morgan fingerprint density at radius 3 is 2.95 bits per heavy atom. The molecule has 1 heterocycles. The van der Waals surface area contributed by atoms with E-state index in [0.29, 0.717) is 6.04 Å². The topological polar surface area (TPSA) is 24.9 Å². The summed E-state index contributed by atoms with van der Waals surface area (Å²) in [5.41, 5.74) is 1.17. The van der Waals surface area contributed by atoms with E-state index in [0.717, 1.165) is 18.9 Å². The highest BCUT2D eigenvalue weighted by atomic mass is 32.1. The van der Waals surface area contributed by atoms with E-state index in [1.807, 2.05) is 11.3 Å². The lowest BCUT2D eigenvalue weighted by Gasteiger charge is -2.31. The van der Waals surface area contributed by atoms with Crippen LogP contribution in [0.5, 0.6) is 0 Å². The van der Waals surface area contributed by atoms with Gasteiger partial charge in [0, 0.05) is 12.5 Å². The summed E-state index contributed by atoms with van der Waals surface area (Å²) < 4.78 is 1.33. The van der Waals surface area contributed by atoms with E-state index in [-0.39, 0.29) is 0 Å². The van der Waals surface area contributed by atoms with Crippen molar-refractivity contribution in [1.82, 2.24) is 10.3 Å². The van der Waals surface area contributed by atoms with Crippen LogP contribution in [0.1, 0.15) is 37.6 Å². The predicted octanol–water partition coefficient (Wildman–Crippen LogP) is 4.01. The lowest BCUT2D eigenvalue weighted by Crippen LogP contribution is -2.39. The van der Waals surface area contributed by atoms with Crippen LogP contribution in [0, 0.1) is 5.92 Å². The first-order chi connectivity index (χ1) is 9.36. The number of hydrogen-bond acceptors (Lipinski definition) is 3. The average molecular weight is 274 g/mol. The number of nitrogens with one attached hydrogen (secondary N) is 1. The molecule has 0 amide bonds. The van der Waals surface area contributed by atoms with Crippen LogP contribution in [-0.2, 0) is 6.42 Å². The second kappa shape index (κ2) is 6.02. The van der Waals surface area contributed by atoms with Crippen molar-refractivity contribution in [3.63, 3.8) is 0 Å². The Morgan fingerprint density at radius 1 is 1.26 bits per heavy atom. The van der Waals surface area contributed by atoms with Crippen molar-refractivity contribution in [3.8, 4) is 0 Å². The minimum atomic E-state index is 0.700. The Kier molecular flexibility index (Phi) is 4.14. The van der Waals surface area contributed by atoms with Crippen molar-refractivity contribution >= 4 is 21.6 Å². The maximum atomic E-state index is 4.79. The van der Waals surface area contributed by atoms with Crippen LogP contribution in [0.3, 0.4) is 0 Å². The second-order valence-corrected chi connectivity index (χ2v) is 6.60. The van der Waals surface area contributed by atoms with Crippen LogP contribution in [0.2, 0.25) is 0 Å². The van der Waals surface area contributed by atoms with Gasteiger partial charge < -0.3 is 5.32 Å². The Labute approximate surface area is 119 Å². The molecule has 3 rings (SSSR count). The summed E-state index contributed by atoms with van der Waals surface area (Å²) in [5, 5.41) is 4.98. The monoisotopic (exact) mass is 274 g/mol. The number of rotatable bonds is 4. The molecule has 1 N–H and O–H groups in total. The smallest absolute Gasteiger partial charge is 0.0941 e. The van der Waals surface area contributed by atoms with Crippen molar-refractivity contribution in [1.29, 1.82) is 0 Å². The van der Waals surface area contributed by atoms with Gasteiger partial charge in [0.05, 0.1) is 15.2 Å². The number of aromatic nitrogens is 1. The van der Waals surface area contributed by atoms with Gasteiger partial charge in [-0.05, 0) is 37.4 Å². The molecular weight excluding hydrogens is 252 g/mol. The highest BCUT2D eigenvalue weighted by molar-refractivity contribution is 7.18. The van der Waals surface area contributed by atoms with Gasteiger partial charge in [-0.15, -0.1) is 11.3 Å². The summed E-state index contributed by atoms with van der Waals surface area (Å²) >= 11 is 1.87. The van der Waals surface area contributed by atoms with Gasteiger partial charge in [0.1, 0.15) is 0 Å². The standard InChI is InChI=1S/C16H22N2S/c1-2-17-13-8-4-3-7-12(13)11-16-18-14-9-5-6-10-15(14)19-16/h5-6,9-10,12-13,17H,2-4,7-8,11H2,1H3. The molecule has 1 aromatic heterocycles. The average Bonchev–Trinajstić information content (AvgIpc) is 2.83. The van der Waals surface area contributed by atoms with E-state index in [9.17, 15) is 0 Å². The fourth-order valence-corrected chi connectivity index (χ4v) is 4.27. The van der Waals surface area contributed by atoms with Gasteiger partial charge >= 0.3 is 0 Å². The van der Waals surface area contributed by atoms with Gasteiger partial charge in [-0.25, -0.2) is 4.98 Å². The van der Waals surface area contributed by atoms with Crippen molar-refractivity contribution < 1.29 is 0 Å². The summed E-state index contributed by atoms with van der Waals surface area (Å²) in [6.07, 6.45) is 6.61. The van der Waals surface area contributed by atoms with E-state index in [2.05, 4.69) is 36.5 Å². The van der Waals surface area contributed by atoms with E-state index in [1.54, 1.807) is 0 Å². The van der Waals surface area contributed by atoms with Crippen LogP contribution >= 0.6 is 11.3 Å². The van der Waals surface area contributed by atoms with Crippen LogP contribution < -0.4 is 5.32 Å². The van der Waals surface area contributed by atoms with Crippen molar-refractivity contribution in [2.45, 2.75) is 45.1 Å².